The zero-order chi connectivity index (χ0) is 17.3. The van der Waals surface area contributed by atoms with E-state index in [1.54, 1.807) is 12.2 Å². The predicted octanol–water partition coefficient (Wildman–Crippen LogP) is 3.46. The lowest BCUT2D eigenvalue weighted by Crippen LogP contribution is -2.09. The molecule has 2 bridgehead atoms. The van der Waals surface area contributed by atoms with Gasteiger partial charge < -0.3 is 10.2 Å². The summed E-state index contributed by atoms with van der Waals surface area (Å²) in [5.74, 6) is -9.36. The van der Waals surface area contributed by atoms with Crippen LogP contribution in [0.3, 0.4) is 0 Å². The molecule has 0 radical (unpaired) electrons. The summed E-state index contributed by atoms with van der Waals surface area (Å²) < 4.78 is 56.4. The Hall–Kier alpha value is -2.95. The van der Waals surface area contributed by atoms with Crippen LogP contribution in [-0.2, 0) is 0 Å². The standard InChI is InChI=1S/C16H8F4N2O2/c17-10-7(4-21)11(18)13(20)14(12(10)19)22-15(23)8-5-1-2-6(3-5)9(8)16(22)24/h1-2,5-6,23-24H,3H2/t5-,6+. The summed E-state index contributed by atoms with van der Waals surface area (Å²) >= 11 is 0. The smallest absolute Gasteiger partial charge is 0.203 e. The van der Waals surface area contributed by atoms with Crippen LogP contribution in [0, 0.1) is 34.6 Å². The van der Waals surface area contributed by atoms with Crippen molar-refractivity contribution in [3.05, 3.63) is 52.1 Å². The van der Waals surface area contributed by atoms with E-state index in [9.17, 15) is 27.8 Å². The zero-order valence-electron chi connectivity index (χ0n) is 11.8. The highest BCUT2D eigenvalue weighted by Gasteiger charge is 2.42. The zero-order valence-corrected chi connectivity index (χ0v) is 11.8. The Morgan fingerprint density at radius 1 is 0.917 bits per heavy atom. The first-order chi connectivity index (χ1) is 11.4. The molecule has 24 heavy (non-hydrogen) atoms. The minimum Gasteiger partial charge on any atom is -0.494 e. The van der Waals surface area contributed by atoms with Gasteiger partial charge in [0, 0.05) is 23.0 Å². The summed E-state index contributed by atoms with van der Waals surface area (Å²) in [6.07, 6.45) is 4.17. The molecule has 4 rings (SSSR count). The second-order valence-electron chi connectivity index (χ2n) is 5.73. The Balaban J connectivity index is 2.06. The maximum absolute atomic E-state index is 14.2. The number of fused-ring (bicyclic) bond motifs is 5. The molecule has 0 saturated carbocycles. The Morgan fingerprint density at radius 3 is 1.79 bits per heavy atom. The van der Waals surface area contributed by atoms with Gasteiger partial charge in [0.1, 0.15) is 17.3 Å². The number of hydrogen-bond acceptors (Lipinski definition) is 3. The number of aromatic nitrogens is 1. The molecule has 1 aromatic carbocycles. The van der Waals surface area contributed by atoms with Crippen LogP contribution in [0.1, 0.15) is 34.9 Å². The minimum atomic E-state index is -1.89. The van der Waals surface area contributed by atoms with Crippen LogP contribution in [0.15, 0.2) is 12.2 Å². The lowest BCUT2D eigenvalue weighted by Gasteiger charge is -2.13. The quantitative estimate of drug-likeness (QED) is 0.476. The van der Waals surface area contributed by atoms with Gasteiger partial charge in [-0.1, -0.05) is 12.2 Å². The lowest BCUT2D eigenvalue weighted by molar-refractivity contribution is 0.379. The normalized spacial score (nSPS) is 20.5. The van der Waals surface area contributed by atoms with Crippen LogP contribution < -0.4 is 0 Å². The summed E-state index contributed by atoms with van der Waals surface area (Å²) in [4.78, 5) is 0. The first-order valence-electron chi connectivity index (χ1n) is 6.99. The monoisotopic (exact) mass is 336 g/mol. The molecule has 0 aliphatic heterocycles. The van der Waals surface area contributed by atoms with Crippen LogP contribution in [0.5, 0.6) is 11.8 Å². The molecule has 1 heterocycles. The summed E-state index contributed by atoms with van der Waals surface area (Å²) in [7, 11) is 0. The fraction of sp³-hybridized carbons (Fsp3) is 0.188. The van der Waals surface area contributed by atoms with Crippen molar-refractivity contribution in [2.24, 2.45) is 0 Å². The van der Waals surface area contributed by atoms with Crippen LogP contribution in [0.2, 0.25) is 0 Å². The molecule has 2 atom stereocenters. The largest absolute Gasteiger partial charge is 0.494 e. The van der Waals surface area contributed by atoms with E-state index in [1.807, 2.05) is 0 Å². The van der Waals surface area contributed by atoms with E-state index in [0.29, 0.717) is 11.0 Å². The van der Waals surface area contributed by atoms with Crippen molar-refractivity contribution in [3.8, 4) is 23.5 Å². The molecule has 8 heteroatoms. The van der Waals surface area contributed by atoms with Crippen molar-refractivity contribution in [3.63, 3.8) is 0 Å². The third-order valence-electron chi connectivity index (χ3n) is 4.60. The highest BCUT2D eigenvalue weighted by atomic mass is 19.2. The van der Waals surface area contributed by atoms with Gasteiger partial charge in [0.2, 0.25) is 11.8 Å². The van der Waals surface area contributed by atoms with Crippen molar-refractivity contribution in [1.82, 2.24) is 4.57 Å². The van der Waals surface area contributed by atoms with Gasteiger partial charge in [0.05, 0.1) is 0 Å². The van der Waals surface area contributed by atoms with Crippen molar-refractivity contribution in [2.75, 3.05) is 0 Å². The van der Waals surface area contributed by atoms with Crippen molar-refractivity contribution < 1.29 is 27.8 Å². The number of nitriles is 1. The van der Waals surface area contributed by atoms with Crippen LogP contribution in [0.4, 0.5) is 17.6 Å². The SMILES string of the molecule is N#Cc1c(F)c(F)c(-n2c(O)c3c(c2O)[C@H]2C=C[C@@H]3C2)c(F)c1F. The van der Waals surface area contributed by atoms with E-state index in [2.05, 4.69) is 0 Å². The van der Waals surface area contributed by atoms with Gasteiger partial charge in [-0.05, 0) is 6.42 Å². The summed E-state index contributed by atoms with van der Waals surface area (Å²) in [6, 6.07) is 1.04. The third kappa shape index (κ3) is 1.51. The number of aromatic hydroxyl groups is 2. The fourth-order valence-electron chi connectivity index (χ4n) is 3.57. The molecule has 4 nitrogen and oxygen atoms in total. The van der Waals surface area contributed by atoms with E-state index in [0.717, 1.165) is 6.07 Å². The Morgan fingerprint density at radius 2 is 1.38 bits per heavy atom. The van der Waals surface area contributed by atoms with Crippen LogP contribution in [-0.4, -0.2) is 14.8 Å². The van der Waals surface area contributed by atoms with Gasteiger partial charge in [0.25, 0.3) is 0 Å². The summed E-state index contributed by atoms with van der Waals surface area (Å²) in [5.41, 5.74) is -2.14. The molecule has 0 fully saturated rings. The number of rotatable bonds is 1. The maximum Gasteiger partial charge on any atom is 0.203 e. The van der Waals surface area contributed by atoms with Gasteiger partial charge in [-0.25, -0.2) is 22.1 Å². The van der Waals surface area contributed by atoms with Gasteiger partial charge in [-0.15, -0.1) is 0 Å². The number of allylic oxidation sites excluding steroid dienone is 2. The van der Waals surface area contributed by atoms with Crippen molar-refractivity contribution in [1.29, 1.82) is 5.26 Å². The van der Waals surface area contributed by atoms with Gasteiger partial charge in [-0.2, -0.15) is 5.26 Å². The molecule has 0 unspecified atom stereocenters. The van der Waals surface area contributed by atoms with E-state index >= 15 is 0 Å². The molecule has 2 N–H and O–H groups in total. The second kappa shape index (κ2) is 4.54. The first kappa shape index (κ1) is 14.6. The van der Waals surface area contributed by atoms with Crippen LogP contribution >= 0.6 is 0 Å². The van der Waals surface area contributed by atoms with Crippen LogP contribution in [0.25, 0.3) is 5.69 Å². The molecule has 0 spiro atoms. The molecule has 1 aromatic heterocycles. The molecule has 122 valence electrons. The van der Waals surface area contributed by atoms with E-state index < -0.39 is 46.3 Å². The molecule has 0 saturated heterocycles. The Bertz CT molecular complexity index is 923. The first-order valence-corrected chi connectivity index (χ1v) is 6.99. The third-order valence-corrected chi connectivity index (χ3v) is 4.60. The topological polar surface area (TPSA) is 69.2 Å². The van der Waals surface area contributed by atoms with Crippen molar-refractivity contribution in [2.45, 2.75) is 18.3 Å². The molecule has 2 aromatic rings. The number of nitrogens with zero attached hydrogens (tertiary/aromatic N) is 2. The second-order valence-corrected chi connectivity index (χ2v) is 5.73. The Labute approximate surface area is 132 Å². The number of halogens is 4. The fourth-order valence-corrected chi connectivity index (χ4v) is 3.57. The summed E-state index contributed by atoms with van der Waals surface area (Å²) in [5, 5.41) is 29.2. The number of benzene rings is 1. The predicted molar refractivity (Wildman–Crippen MR) is 72.9 cm³/mol. The molecule has 2 aliphatic rings. The van der Waals surface area contributed by atoms with E-state index in [1.165, 1.54) is 0 Å². The minimum absolute atomic E-state index is 0.239. The lowest BCUT2D eigenvalue weighted by atomic mass is 10.0. The van der Waals surface area contributed by atoms with E-state index in [-0.39, 0.29) is 23.0 Å². The molecule has 2 aliphatic carbocycles. The highest BCUT2D eigenvalue weighted by Crippen LogP contribution is 2.57. The van der Waals surface area contributed by atoms with E-state index in [4.69, 9.17) is 5.26 Å². The Kier molecular flexibility index (Phi) is 2.77. The molecular formula is C16H8F4N2O2. The number of hydrogen-bond donors (Lipinski definition) is 2. The average Bonchev–Trinajstić information content (AvgIpc) is 3.23. The maximum atomic E-state index is 14.2. The summed E-state index contributed by atoms with van der Waals surface area (Å²) in [6.45, 7) is 0. The van der Waals surface area contributed by atoms with Gasteiger partial charge in [0.15, 0.2) is 23.3 Å². The highest BCUT2D eigenvalue weighted by molar-refractivity contribution is 5.63. The van der Waals surface area contributed by atoms with Gasteiger partial charge >= 0.3 is 0 Å². The average molecular weight is 336 g/mol. The van der Waals surface area contributed by atoms with Crippen molar-refractivity contribution >= 4 is 0 Å². The molecule has 0 amide bonds. The van der Waals surface area contributed by atoms with Gasteiger partial charge in [-0.3, -0.25) is 0 Å². The molecular weight excluding hydrogens is 328 g/mol.